The first kappa shape index (κ1) is 19.9. The second kappa shape index (κ2) is 8.91. The van der Waals surface area contributed by atoms with Crippen molar-refractivity contribution in [2.24, 2.45) is 0 Å². The van der Waals surface area contributed by atoms with Crippen LogP contribution in [-0.2, 0) is 11.4 Å². The average molecular weight is 464 g/mol. The highest BCUT2D eigenvalue weighted by atomic mass is 79.9. The molecule has 1 saturated heterocycles. The fourth-order valence-electron chi connectivity index (χ4n) is 2.58. The summed E-state index contributed by atoms with van der Waals surface area (Å²) >= 11 is 10.1. The second-order valence-electron chi connectivity index (χ2n) is 5.72. The molecule has 0 radical (unpaired) electrons. The molecule has 0 spiro atoms. The molecule has 1 heterocycles. The summed E-state index contributed by atoms with van der Waals surface area (Å²) in [6, 6.07) is 13.6. The maximum absolute atomic E-state index is 12.4. The number of amides is 1. The Morgan fingerprint density at radius 3 is 2.59 bits per heavy atom. The standard InChI is InChI=1S/C20H18BrNO3S2/c1-3-22-19(23)18(27-20(22)26)10-14-9-16(24-2)17(11-15(14)21)25-12-13-7-5-4-6-8-13/h4-11H,3,12H2,1-2H3/b18-10-. The fourth-order valence-corrected chi connectivity index (χ4v) is 4.39. The molecule has 0 atom stereocenters. The number of thiocarbonyl (C=S) groups is 1. The van der Waals surface area contributed by atoms with E-state index in [9.17, 15) is 4.79 Å². The molecule has 0 aliphatic carbocycles. The number of methoxy groups -OCH3 is 1. The maximum atomic E-state index is 12.4. The van der Waals surface area contributed by atoms with Crippen molar-refractivity contribution in [2.45, 2.75) is 13.5 Å². The minimum atomic E-state index is -0.0669. The van der Waals surface area contributed by atoms with Crippen LogP contribution in [0.1, 0.15) is 18.1 Å². The molecule has 0 unspecified atom stereocenters. The van der Waals surface area contributed by atoms with Gasteiger partial charge in [0.2, 0.25) is 0 Å². The lowest BCUT2D eigenvalue weighted by Gasteiger charge is -2.13. The van der Waals surface area contributed by atoms with Crippen LogP contribution in [0.15, 0.2) is 51.8 Å². The van der Waals surface area contributed by atoms with Crippen LogP contribution < -0.4 is 9.47 Å². The number of likely N-dealkylation sites (N-methyl/N-ethyl adjacent to an activating group) is 1. The number of carbonyl (C=O) groups excluding carboxylic acids is 1. The molecule has 3 rings (SSSR count). The summed E-state index contributed by atoms with van der Waals surface area (Å²) in [7, 11) is 1.60. The van der Waals surface area contributed by atoms with Gasteiger partial charge in [-0.1, -0.05) is 70.2 Å². The molecule has 0 saturated carbocycles. The topological polar surface area (TPSA) is 38.8 Å². The van der Waals surface area contributed by atoms with Gasteiger partial charge in [0.15, 0.2) is 11.5 Å². The van der Waals surface area contributed by atoms with E-state index in [4.69, 9.17) is 21.7 Å². The third-order valence-electron chi connectivity index (χ3n) is 4.00. The SMILES string of the molecule is CCN1C(=O)/C(=C/c2cc(OC)c(OCc3ccccc3)cc2Br)SC1=S. The molecule has 1 aliphatic rings. The minimum absolute atomic E-state index is 0.0669. The molecule has 1 fully saturated rings. The summed E-state index contributed by atoms with van der Waals surface area (Å²) in [6.07, 6.45) is 1.82. The Hall–Kier alpha value is -1.83. The van der Waals surface area contributed by atoms with Gasteiger partial charge in [0.1, 0.15) is 10.9 Å². The Labute approximate surface area is 176 Å². The molecular weight excluding hydrogens is 446 g/mol. The Morgan fingerprint density at radius 1 is 1.22 bits per heavy atom. The molecule has 1 aliphatic heterocycles. The van der Waals surface area contributed by atoms with E-state index in [0.717, 1.165) is 15.6 Å². The molecule has 0 bridgehead atoms. The molecule has 1 amide bonds. The monoisotopic (exact) mass is 463 g/mol. The average Bonchev–Trinajstić information content (AvgIpc) is 2.95. The predicted octanol–water partition coefficient (Wildman–Crippen LogP) is 5.26. The summed E-state index contributed by atoms with van der Waals surface area (Å²) in [5, 5.41) is 0. The van der Waals surface area contributed by atoms with Crippen LogP contribution >= 0.6 is 39.9 Å². The summed E-state index contributed by atoms with van der Waals surface area (Å²) in [5.41, 5.74) is 1.90. The van der Waals surface area contributed by atoms with Gasteiger partial charge in [0, 0.05) is 11.0 Å². The van der Waals surface area contributed by atoms with Gasteiger partial charge in [0.25, 0.3) is 5.91 Å². The van der Waals surface area contributed by atoms with Gasteiger partial charge in [-0.15, -0.1) is 0 Å². The quantitative estimate of drug-likeness (QED) is 0.431. The normalized spacial score (nSPS) is 15.5. The molecule has 0 N–H and O–H groups in total. The van der Waals surface area contributed by atoms with Crippen molar-refractivity contribution in [3.63, 3.8) is 0 Å². The summed E-state index contributed by atoms with van der Waals surface area (Å²) in [4.78, 5) is 14.6. The Morgan fingerprint density at radius 2 is 1.96 bits per heavy atom. The van der Waals surface area contributed by atoms with E-state index in [1.165, 1.54) is 11.8 Å². The highest BCUT2D eigenvalue weighted by molar-refractivity contribution is 9.10. The molecule has 140 valence electrons. The molecule has 2 aromatic rings. The Balaban J connectivity index is 1.85. The van der Waals surface area contributed by atoms with Crippen molar-refractivity contribution >= 4 is 56.2 Å². The summed E-state index contributed by atoms with van der Waals surface area (Å²) in [6.45, 7) is 2.92. The lowest BCUT2D eigenvalue weighted by Crippen LogP contribution is -2.27. The van der Waals surface area contributed by atoms with Crippen molar-refractivity contribution in [1.82, 2.24) is 4.90 Å². The predicted molar refractivity (Wildman–Crippen MR) is 117 cm³/mol. The van der Waals surface area contributed by atoms with E-state index in [1.54, 1.807) is 12.0 Å². The highest BCUT2D eigenvalue weighted by Gasteiger charge is 2.30. The Kier molecular flexibility index (Phi) is 6.57. The lowest BCUT2D eigenvalue weighted by molar-refractivity contribution is -0.121. The first-order valence-corrected chi connectivity index (χ1v) is 10.3. The summed E-state index contributed by atoms with van der Waals surface area (Å²) in [5.74, 6) is 1.17. The zero-order chi connectivity index (χ0) is 19.4. The van der Waals surface area contributed by atoms with Gasteiger partial charge in [0.05, 0.1) is 12.0 Å². The smallest absolute Gasteiger partial charge is 0.266 e. The van der Waals surface area contributed by atoms with Crippen molar-refractivity contribution in [3.8, 4) is 11.5 Å². The molecule has 0 aromatic heterocycles. The van der Waals surface area contributed by atoms with Crippen LogP contribution in [0.3, 0.4) is 0 Å². The van der Waals surface area contributed by atoms with Gasteiger partial charge >= 0.3 is 0 Å². The lowest BCUT2D eigenvalue weighted by atomic mass is 10.1. The number of benzene rings is 2. The van der Waals surface area contributed by atoms with Crippen molar-refractivity contribution in [2.75, 3.05) is 13.7 Å². The molecule has 2 aromatic carbocycles. The number of hydrogen-bond donors (Lipinski definition) is 0. The van der Waals surface area contributed by atoms with Crippen LogP contribution in [0.2, 0.25) is 0 Å². The van der Waals surface area contributed by atoms with Gasteiger partial charge < -0.3 is 9.47 Å². The summed E-state index contributed by atoms with van der Waals surface area (Å²) < 4.78 is 12.8. The van der Waals surface area contributed by atoms with E-state index in [-0.39, 0.29) is 5.91 Å². The second-order valence-corrected chi connectivity index (χ2v) is 8.25. The fraction of sp³-hybridized carbons (Fsp3) is 0.200. The van der Waals surface area contributed by atoms with Crippen LogP contribution in [0.5, 0.6) is 11.5 Å². The van der Waals surface area contributed by atoms with Crippen molar-refractivity contribution in [3.05, 3.63) is 63.0 Å². The van der Waals surface area contributed by atoms with Gasteiger partial charge in [-0.25, -0.2) is 0 Å². The third kappa shape index (κ3) is 4.54. The number of hydrogen-bond acceptors (Lipinski definition) is 5. The first-order chi connectivity index (χ1) is 13.0. The van der Waals surface area contributed by atoms with Gasteiger partial charge in [-0.05, 0) is 36.3 Å². The minimum Gasteiger partial charge on any atom is -0.493 e. The van der Waals surface area contributed by atoms with Gasteiger partial charge in [-0.2, -0.15) is 0 Å². The van der Waals surface area contributed by atoms with Crippen LogP contribution in [-0.4, -0.2) is 28.8 Å². The van der Waals surface area contributed by atoms with Crippen molar-refractivity contribution in [1.29, 1.82) is 0 Å². The number of rotatable bonds is 6. The molecule has 4 nitrogen and oxygen atoms in total. The number of halogens is 1. The van der Waals surface area contributed by atoms with E-state index < -0.39 is 0 Å². The van der Waals surface area contributed by atoms with Gasteiger partial charge in [-0.3, -0.25) is 9.69 Å². The number of thioether (sulfide) groups is 1. The molecular formula is C20H18BrNO3S2. The zero-order valence-corrected chi connectivity index (χ0v) is 18.1. The van der Waals surface area contributed by atoms with E-state index in [0.29, 0.717) is 33.9 Å². The zero-order valence-electron chi connectivity index (χ0n) is 14.9. The Bertz CT molecular complexity index is 900. The van der Waals surface area contributed by atoms with Crippen LogP contribution in [0.4, 0.5) is 0 Å². The molecule has 27 heavy (non-hydrogen) atoms. The van der Waals surface area contributed by atoms with E-state index in [1.807, 2.05) is 55.5 Å². The largest absolute Gasteiger partial charge is 0.493 e. The first-order valence-electron chi connectivity index (χ1n) is 8.33. The van der Waals surface area contributed by atoms with Crippen LogP contribution in [0.25, 0.3) is 6.08 Å². The van der Waals surface area contributed by atoms with Crippen LogP contribution in [0, 0.1) is 0 Å². The number of nitrogens with zero attached hydrogens (tertiary/aromatic N) is 1. The maximum Gasteiger partial charge on any atom is 0.266 e. The third-order valence-corrected chi connectivity index (χ3v) is 6.06. The number of ether oxygens (including phenoxy) is 2. The van der Waals surface area contributed by atoms with E-state index in [2.05, 4.69) is 15.9 Å². The number of carbonyl (C=O) groups is 1. The highest BCUT2D eigenvalue weighted by Crippen LogP contribution is 2.38. The van der Waals surface area contributed by atoms with Crippen molar-refractivity contribution < 1.29 is 14.3 Å². The van der Waals surface area contributed by atoms with E-state index >= 15 is 0 Å². The molecule has 7 heteroatoms.